The second-order valence-electron chi connectivity index (χ2n) is 6.65. The summed E-state index contributed by atoms with van der Waals surface area (Å²) < 4.78 is 5.03. The molecule has 0 heterocycles. The van der Waals surface area contributed by atoms with Crippen LogP contribution in [0.5, 0.6) is 0 Å². The molecule has 2 unspecified atom stereocenters. The van der Waals surface area contributed by atoms with E-state index in [0.29, 0.717) is 25.0 Å². The van der Waals surface area contributed by atoms with Gasteiger partial charge in [-0.3, -0.25) is 9.59 Å². The molecule has 2 rings (SSSR count). The van der Waals surface area contributed by atoms with E-state index in [1.165, 1.54) is 0 Å². The van der Waals surface area contributed by atoms with Crippen molar-refractivity contribution in [3.8, 4) is 11.1 Å². The van der Waals surface area contributed by atoms with E-state index in [1.807, 2.05) is 55.6 Å². The van der Waals surface area contributed by atoms with Crippen molar-refractivity contribution >= 4 is 29.8 Å². The Bertz CT molecular complexity index is 786. The first-order chi connectivity index (χ1) is 14.1. The number of hydrogen-bond acceptors (Lipinski definition) is 6. The summed E-state index contributed by atoms with van der Waals surface area (Å²) in [6, 6.07) is 15.4. The topological polar surface area (TPSA) is 93.4 Å². The lowest BCUT2D eigenvalue weighted by Crippen LogP contribution is -2.37. The fraction of sp³-hybridized carbons (Fsp3) is 0.364. The first-order valence-corrected chi connectivity index (χ1v) is 11.1. The number of nitrogens with two attached hydrogens (primary N) is 1. The third-order valence-electron chi connectivity index (χ3n) is 4.54. The molecule has 0 aromatic heterocycles. The zero-order valence-electron chi connectivity index (χ0n) is 16.9. The lowest BCUT2D eigenvalue weighted by molar-refractivity contribution is -0.134. The van der Waals surface area contributed by atoms with Crippen LogP contribution >= 0.6 is 11.8 Å². The third-order valence-corrected chi connectivity index (χ3v) is 5.18. The van der Waals surface area contributed by atoms with E-state index in [-0.39, 0.29) is 11.9 Å². The number of carbonyl (C=O) groups excluding carboxylic acids is 2. The summed E-state index contributed by atoms with van der Waals surface area (Å²) in [5.74, 6) is 0.485. The lowest BCUT2D eigenvalue weighted by Gasteiger charge is -2.19. The van der Waals surface area contributed by atoms with E-state index >= 15 is 0 Å². The summed E-state index contributed by atoms with van der Waals surface area (Å²) in [4.78, 5) is 23.7. The van der Waals surface area contributed by atoms with Gasteiger partial charge < -0.3 is 21.1 Å². The molecule has 156 valence electrons. The maximum Gasteiger partial charge on any atom is 0.295 e. The smallest absolute Gasteiger partial charge is 0.295 e. The molecule has 7 heteroatoms. The number of hydrogen-bond donors (Lipinski definition) is 3. The van der Waals surface area contributed by atoms with Gasteiger partial charge >= 0.3 is 0 Å². The van der Waals surface area contributed by atoms with Gasteiger partial charge in [0.25, 0.3) is 12.4 Å². The molecule has 0 fully saturated rings. The molecule has 0 radical (unpaired) electrons. The average Bonchev–Trinajstić information content (AvgIpc) is 2.76. The van der Waals surface area contributed by atoms with Crippen molar-refractivity contribution in [2.75, 3.05) is 23.9 Å². The number of benzene rings is 2. The monoisotopic (exact) mass is 415 g/mol. The summed E-state index contributed by atoms with van der Waals surface area (Å²) in [6.07, 6.45) is 2.73. The molecule has 0 aliphatic heterocycles. The Morgan fingerprint density at radius 1 is 1.24 bits per heavy atom. The van der Waals surface area contributed by atoms with E-state index < -0.39 is 6.23 Å². The van der Waals surface area contributed by atoms with Gasteiger partial charge in [0.1, 0.15) is 0 Å². The summed E-state index contributed by atoms with van der Waals surface area (Å²) in [5, 5.41) is 6.14. The number of rotatable bonds is 12. The van der Waals surface area contributed by atoms with Gasteiger partial charge in [-0.25, -0.2) is 0 Å². The number of amides is 1. The predicted octanol–water partition coefficient (Wildman–Crippen LogP) is 3.48. The standard InChI is InChI=1S/C22H29N3O3S/c1-3-17(23)14-24-18-9-10-19(20(13-18)16-7-5-4-6-8-16)22(27)25-21(28-15-26)11-12-29-2/h4-10,13,15,17,21,24H,3,11-12,14,23H2,1-2H3,(H,25,27). The number of ether oxygens (including phenoxy) is 1. The van der Waals surface area contributed by atoms with Crippen LogP contribution in [0.3, 0.4) is 0 Å². The van der Waals surface area contributed by atoms with Crippen LogP contribution in [0.1, 0.15) is 30.1 Å². The Morgan fingerprint density at radius 2 is 2.00 bits per heavy atom. The molecule has 1 amide bonds. The van der Waals surface area contributed by atoms with E-state index in [9.17, 15) is 9.59 Å². The van der Waals surface area contributed by atoms with Gasteiger partial charge in [-0.2, -0.15) is 11.8 Å². The average molecular weight is 416 g/mol. The summed E-state index contributed by atoms with van der Waals surface area (Å²) in [6.45, 7) is 3.07. The largest absolute Gasteiger partial charge is 0.444 e. The molecule has 2 atom stereocenters. The van der Waals surface area contributed by atoms with Gasteiger partial charge in [0.05, 0.1) is 0 Å². The molecule has 2 aromatic rings. The molecule has 0 bridgehead atoms. The number of carbonyl (C=O) groups is 2. The number of nitrogens with one attached hydrogen (secondary N) is 2. The van der Waals surface area contributed by atoms with Crippen LogP contribution in [0, 0.1) is 0 Å². The highest BCUT2D eigenvalue weighted by molar-refractivity contribution is 7.98. The zero-order valence-corrected chi connectivity index (χ0v) is 17.7. The van der Waals surface area contributed by atoms with Crippen LogP contribution in [0.15, 0.2) is 48.5 Å². The van der Waals surface area contributed by atoms with Crippen LogP contribution < -0.4 is 16.4 Å². The number of anilines is 1. The van der Waals surface area contributed by atoms with Crippen LogP contribution in [0.4, 0.5) is 5.69 Å². The van der Waals surface area contributed by atoms with E-state index in [0.717, 1.165) is 29.0 Å². The second-order valence-corrected chi connectivity index (χ2v) is 7.64. The van der Waals surface area contributed by atoms with Crippen LogP contribution in [-0.2, 0) is 9.53 Å². The highest BCUT2D eigenvalue weighted by Crippen LogP contribution is 2.27. The minimum absolute atomic E-state index is 0.0656. The van der Waals surface area contributed by atoms with Gasteiger partial charge in [-0.05, 0) is 47.8 Å². The molecule has 0 aliphatic rings. The fourth-order valence-corrected chi connectivity index (χ4v) is 3.24. The molecule has 6 nitrogen and oxygen atoms in total. The molecule has 0 saturated carbocycles. The normalized spacial score (nSPS) is 12.7. The van der Waals surface area contributed by atoms with Crippen molar-refractivity contribution in [1.82, 2.24) is 5.32 Å². The van der Waals surface area contributed by atoms with Crippen molar-refractivity contribution in [3.63, 3.8) is 0 Å². The Labute approximate surface area is 176 Å². The van der Waals surface area contributed by atoms with Gasteiger partial charge in [0.2, 0.25) is 0 Å². The van der Waals surface area contributed by atoms with Gasteiger partial charge in [-0.1, -0.05) is 37.3 Å². The second kappa shape index (κ2) is 12.1. The maximum absolute atomic E-state index is 13.0. The highest BCUT2D eigenvalue weighted by atomic mass is 32.2. The minimum Gasteiger partial charge on any atom is -0.444 e. The molecular weight excluding hydrogens is 386 g/mol. The summed E-state index contributed by atoms with van der Waals surface area (Å²) in [7, 11) is 0. The zero-order chi connectivity index (χ0) is 21.1. The van der Waals surface area contributed by atoms with Crippen molar-refractivity contribution in [1.29, 1.82) is 0 Å². The van der Waals surface area contributed by atoms with Crippen molar-refractivity contribution in [3.05, 3.63) is 54.1 Å². The van der Waals surface area contributed by atoms with Crippen molar-refractivity contribution in [2.45, 2.75) is 32.0 Å². The fourth-order valence-electron chi connectivity index (χ4n) is 2.79. The van der Waals surface area contributed by atoms with Crippen LogP contribution in [0.2, 0.25) is 0 Å². The quantitative estimate of drug-likeness (QED) is 0.363. The van der Waals surface area contributed by atoms with Gasteiger partial charge in [0.15, 0.2) is 6.23 Å². The lowest BCUT2D eigenvalue weighted by atomic mass is 9.98. The van der Waals surface area contributed by atoms with E-state index in [2.05, 4.69) is 10.6 Å². The van der Waals surface area contributed by atoms with E-state index in [1.54, 1.807) is 17.8 Å². The third kappa shape index (κ3) is 7.11. The first-order valence-electron chi connectivity index (χ1n) is 9.66. The summed E-state index contributed by atoms with van der Waals surface area (Å²) >= 11 is 1.62. The van der Waals surface area contributed by atoms with Crippen LogP contribution in [0.25, 0.3) is 11.1 Å². The maximum atomic E-state index is 13.0. The molecule has 0 spiro atoms. The molecule has 0 saturated heterocycles. The first kappa shape index (κ1) is 22.8. The molecule has 4 N–H and O–H groups in total. The molecular formula is C22H29N3O3S. The van der Waals surface area contributed by atoms with Gasteiger partial charge in [-0.15, -0.1) is 0 Å². The Hall–Kier alpha value is -2.51. The predicted molar refractivity (Wildman–Crippen MR) is 120 cm³/mol. The molecule has 2 aromatic carbocycles. The molecule has 29 heavy (non-hydrogen) atoms. The van der Waals surface area contributed by atoms with E-state index in [4.69, 9.17) is 10.5 Å². The highest BCUT2D eigenvalue weighted by Gasteiger charge is 2.18. The summed E-state index contributed by atoms with van der Waals surface area (Å²) in [5.41, 5.74) is 9.14. The minimum atomic E-state index is -0.656. The van der Waals surface area contributed by atoms with Crippen molar-refractivity contribution < 1.29 is 14.3 Å². The van der Waals surface area contributed by atoms with Crippen LogP contribution in [-0.4, -0.2) is 43.2 Å². The Kier molecular flexibility index (Phi) is 9.53. The Balaban J connectivity index is 2.29. The van der Waals surface area contributed by atoms with Gasteiger partial charge in [0, 0.05) is 30.3 Å². The Morgan fingerprint density at radius 3 is 2.66 bits per heavy atom. The molecule has 0 aliphatic carbocycles. The number of thioether (sulfide) groups is 1. The van der Waals surface area contributed by atoms with Crippen molar-refractivity contribution in [2.24, 2.45) is 5.73 Å². The SMILES string of the molecule is CCC(N)CNc1ccc(C(=O)NC(CCSC)OC=O)c(-c2ccccc2)c1.